The molecule has 3 aromatic rings. The van der Waals surface area contributed by atoms with Gasteiger partial charge >= 0.3 is 6.09 Å². The summed E-state index contributed by atoms with van der Waals surface area (Å²) in [5.74, 6) is 0.621. The smallest absolute Gasteiger partial charge is 0.410 e. The fourth-order valence-electron chi connectivity index (χ4n) is 4.28. The van der Waals surface area contributed by atoms with Crippen molar-refractivity contribution in [2.45, 2.75) is 52.0 Å². The third-order valence-electron chi connectivity index (χ3n) is 6.21. The van der Waals surface area contributed by atoms with Gasteiger partial charge in [0.1, 0.15) is 30.3 Å². The Balaban J connectivity index is 1.56. The number of hydrogen-bond acceptors (Lipinski definition) is 6. The van der Waals surface area contributed by atoms with Gasteiger partial charge in [-0.15, -0.1) is 0 Å². The molecule has 1 aliphatic rings. The zero-order valence-electron chi connectivity index (χ0n) is 22.6. The summed E-state index contributed by atoms with van der Waals surface area (Å²) in [5, 5.41) is 3.59. The molecule has 39 heavy (non-hydrogen) atoms. The zero-order chi connectivity index (χ0) is 27.8. The van der Waals surface area contributed by atoms with Crippen LogP contribution in [0.2, 0.25) is 5.02 Å². The van der Waals surface area contributed by atoms with E-state index in [2.05, 4.69) is 5.32 Å². The molecular formula is C31H35ClN2O5. The molecule has 1 N–H and O–H groups in total. The summed E-state index contributed by atoms with van der Waals surface area (Å²) in [5.41, 5.74) is 1.67. The fourth-order valence-corrected chi connectivity index (χ4v) is 4.50. The molecule has 0 saturated carbocycles. The Morgan fingerprint density at radius 2 is 1.51 bits per heavy atom. The molecule has 1 atom stereocenters. The lowest BCUT2D eigenvalue weighted by Gasteiger charge is -2.37. The van der Waals surface area contributed by atoms with Crippen molar-refractivity contribution < 1.29 is 23.8 Å². The van der Waals surface area contributed by atoms with E-state index in [4.69, 9.17) is 25.8 Å². The van der Waals surface area contributed by atoms with Crippen LogP contribution >= 0.6 is 11.6 Å². The van der Waals surface area contributed by atoms with Crippen molar-refractivity contribution in [3.05, 3.63) is 94.5 Å². The average Bonchev–Trinajstić information content (AvgIpc) is 2.92. The van der Waals surface area contributed by atoms with Crippen LogP contribution in [0.3, 0.4) is 0 Å². The van der Waals surface area contributed by atoms with Gasteiger partial charge in [-0.25, -0.2) is 4.79 Å². The van der Waals surface area contributed by atoms with Gasteiger partial charge in [-0.05, 0) is 38.0 Å². The van der Waals surface area contributed by atoms with Crippen molar-refractivity contribution in [1.82, 2.24) is 10.2 Å². The van der Waals surface area contributed by atoms with Crippen molar-refractivity contribution in [2.75, 3.05) is 19.6 Å². The zero-order valence-corrected chi connectivity index (χ0v) is 23.4. The quantitative estimate of drug-likeness (QED) is 0.316. The van der Waals surface area contributed by atoms with Crippen molar-refractivity contribution >= 4 is 23.5 Å². The van der Waals surface area contributed by atoms with Gasteiger partial charge in [0.25, 0.3) is 0 Å². The summed E-state index contributed by atoms with van der Waals surface area (Å²) in [7, 11) is 0. The number of halogens is 1. The van der Waals surface area contributed by atoms with E-state index in [0.717, 1.165) is 11.1 Å². The number of carbonyl (C=O) groups excluding carboxylic acids is 2. The molecule has 8 heteroatoms. The summed E-state index contributed by atoms with van der Waals surface area (Å²) in [6, 6.07) is 22.4. The van der Waals surface area contributed by atoms with E-state index in [1.807, 2.05) is 81.4 Å². The van der Waals surface area contributed by atoms with Crippen LogP contribution in [0.15, 0.2) is 72.8 Å². The van der Waals surface area contributed by atoms with Crippen molar-refractivity contribution in [3.8, 4) is 11.5 Å². The molecule has 1 heterocycles. The maximum atomic E-state index is 13.7. The number of ether oxygens (including phenoxy) is 3. The number of ketones is 1. The lowest BCUT2D eigenvalue weighted by molar-refractivity contribution is 0.0117. The first-order chi connectivity index (χ1) is 18.7. The molecule has 1 unspecified atom stereocenters. The SMILES string of the molecule is CC(C)(C)OC(=O)N1CCNCC1CC(=O)c1cc(Cl)c(OCc2ccccc2)cc1OCc1ccccc1. The van der Waals surface area contributed by atoms with Gasteiger partial charge in [0.15, 0.2) is 5.78 Å². The molecular weight excluding hydrogens is 516 g/mol. The van der Waals surface area contributed by atoms with Crippen LogP contribution in [0.5, 0.6) is 11.5 Å². The van der Waals surface area contributed by atoms with E-state index in [-0.39, 0.29) is 24.9 Å². The number of hydrogen-bond donors (Lipinski definition) is 1. The van der Waals surface area contributed by atoms with Gasteiger partial charge in [-0.3, -0.25) is 4.79 Å². The predicted molar refractivity (Wildman–Crippen MR) is 152 cm³/mol. The topological polar surface area (TPSA) is 77.1 Å². The number of nitrogens with zero attached hydrogens (tertiary/aromatic N) is 1. The van der Waals surface area contributed by atoms with Gasteiger partial charge in [0, 0.05) is 32.1 Å². The van der Waals surface area contributed by atoms with Gasteiger partial charge in [0.05, 0.1) is 16.6 Å². The molecule has 1 saturated heterocycles. The Labute approximate surface area is 235 Å². The highest BCUT2D eigenvalue weighted by atomic mass is 35.5. The van der Waals surface area contributed by atoms with Crippen LogP contribution in [-0.2, 0) is 18.0 Å². The van der Waals surface area contributed by atoms with Crippen LogP contribution in [-0.4, -0.2) is 48.1 Å². The minimum absolute atomic E-state index is 0.0918. The van der Waals surface area contributed by atoms with Gasteiger partial charge in [0.2, 0.25) is 0 Å². The first-order valence-electron chi connectivity index (χ1n) is 13.1. The Hall–Kier alpha value is -3.55. The minimum atomic E-state index is -0.627. The lowest BCUT2D eigenvalue weighted by atomic mass is 10.0. The number of rotatable bonds is 9. The summed E-state index contributed by atoms with van der Waals surface area (Å²) < 4.78 is 17.7. The molecule has 1 fully saturated rings. The Kier molecular flexibility index (Phi) is 9.49. The van der Waals surface area contributed by atoms with Crippen LogP contribution in [0, 0.1) is 0 Å². The monoisotopic (exact) mass is 550 g/mol. The number of nitrogens with one attached hydrogen (secondary N) is 1. The molecule has 3 aromatic carbocycles. The van der Waals surface area contributed by atoms with Crippen LogP contribution in [0.1, 0.15) is 48.7 Å². The van der Waals surface area contributed by atoms with Gasteiger partial charge < -0.3 is 24.4 Å². The molecule has 0 bridgehead atoms. The molecule has 0 radical (unpaired) electrons. The number of Topliss-reactive ketones (excluding diaryl/α,β-unsaturated/α-hetero) is 1. The Bertz CT molecular complexity index is 1260. The number of benzene rings is 3. The fraction of sp³-hybridized carbons (Fsp3) is 0.355. The number of carbonyl (C=O) groups is 2. The van der Waals surface area contributed by atoms with Crippen LogP contribution < -0.4 is 14.8 Å². The molecule has 4 rings (SSSR count). The number of amides is 1. The first-order valence-corrected chi connectivity index (χ1v) is 13.5. The highest BCUT2D eigenvalue weighted by molar-refractivity contribution is 6.32. The average molecular weight is 551 g/mol. The molecule has 0 aromatic heterocycles. The molecule has 0 aliphatic carbocycles. The molecule has 7 nitrogen and oxygen atoms in total. The van der Waals surface area contributed by atoms with Crippen molar-refractivity contribution in [1.29, 1.82) is 0 Å². The van der Waals surface area contributed by atoms with Crippen LogP contribution in [0.4, 0.5) is 4.79 Å². The summed E-state index contributed by atoms with van der Waals surface area (Å²) in [6.45, 7) is 7.65. The molecule has 1 amide bonds. The van der Waals surface area contributed by atoms with Gasteiger partial charge in [-0.1, -0.05) is 72.3 Å². The third kappa shape index (κ3) is 8.22. The Morgan fingerprint density at radius 3 is 2.10 bits per heavy atom. The van der Waals surface area contributed by atoms with E-state index in [1.165, 1.54) is 0 Å². The van der Waals surface area contributed by atoms with E-state index in [9.17, 15) is 9.59 Å². The second kappa shape index (κ2) is 13.0. The van der Waals surface area contributed by atoms with Crippen molar-refractivity contribution in [2.24, 2.45) is 0 Å². The second-order valence-corrected chi connectivity index (χ2v) is 10.9. The summed E-state index contributed by atoms with van der Waals surface area (Å²) in [6.07, 6.45) is -0.334. The lowest BCUT2D eigenvalue weighted by Crippen LogP contribution is -2.55. The van der Waals surface area contributed by atoms with Crippen molar-refractivity contribution in [3.63, 3.8) is 0 Å². The standard InChI is InChI=1S/C31H35ClN2O5/c1-31(2,3)39-30(36)34-15-14-33-19-24(34)16-27(35)25-17-26(32)29(38-21-23-12-8-5-9-13-23)18-28(25)37-20-22-10-6-4-7-11-22/h4-13,17-18,24,33H,14-16,19-21H2,1-3H3. The van der Waals surface area contributed by atoms with Crippen LogP contribution in [0.25, 0.3) is 0 Å². The highest BCUT2D eigenvalue weighted by Crippen LogP contribution is 2.35. The maximum absolute atomic E-state index is 13.7. The second-order valence-electron chi connectivity index (χ2n) is 10.5. The van der Waals surface area contributed by atoms with E-state index in [0.29, 0.717) is 48.3 Å². The first kappa shape index (κ1) is 28.5. The van der Waals surface area contributed by atoms with E-state index in [1.54, 1.807) is 17.0 Å². The highest BCUT2D eigenvalue weighted by Gasteiger charge is 2.32. The van der Waals surface area contributed by atoms with E-state index < -0.39 is 11.7 Å². The molecule has 206 valence electrons. The third-order valence-corrected chi connectivity index (χ3v) is 6.50. The number of piperazine rings is 1. The normalized spacial score (nSPS) is 15.5. The predicted octanol–water partition coefficient (Wildman–Crippen LogP) is 6.28. The maximum Gasteiger partial charge on any atom is 0.410 e. The largest absolute Gasteiger partial charge is 0.488 e. The minimum Gasteiger partial charge on any atom is -0.488 e. The van der Waals surface area contributed by atoms with E-state index >= 15 is 0 Å². The molecule has 1 aliphatic heterocycles. The van der Waals surface area contributed by atoms with Gasteiger partial charge in [-0.2, -0.15) is 0 Å². The Morgan fingerprint density at radius 1 is 0.923 bits per heavy atom. The molecule has 0 spiro atoms. The summed E-state index contributed by atoms with van der Waals surface area (Å²) >= 11 is 6.59. The summed E-state index contributed by atoms with van der Waals surface area (Å²) in [4.78, 5) is 28.1.